The van der Waals surface area contributed by atoms with E-state index >= 15 is 0 Å². The molecule has 0 saturated carbocycles. The summed E-state index contributed by atoms with van der Waals surface area (Å²) < 4.78 is 2.28. The number of hydrogen-bond acceptors (Lipinski definition) is 1. The minimum absolute atomic E-state index is 0.966. The van der Waals surface area contributed by atoms with Crippen molar-refractivity contribution < 1.29 is 0 Å². The standard InChI is InChI=1S/C41H24N2/c1-2-10-25(11-3-1)26-20-21-43-36(24-26)42-40-33-18-8-14-29-23-35(32-17-9-19-34(41(40)43)39(32)37(29)33)38-30-15-6-4-12-27(30)22-28-13-5-7-16-31(28)38/h1-24H. The molecule has 0 saturated heterocycles. The number of nitrogens with zero attached hydrogens (tertiary/aromatic N) is 2. The van der Waals surface area contributed by atoms with Gasteiger partial charge in [-0.15, -0.1) is 0 Å². The van der Waals surface area contributed by atoms with Crippen molar-refractivity contribution in [2.75, 3.05) is 0 Å². The molecule has 2 nitrogen and oxygen atoms in total. The second-order valence-corrected chi connectivity index (χ2v) is 11.6. The van der Waals surface area contributed by atoms with Crippen LogP contribution in [0.2, 0.25) is 0 Å². The molecule has 2 heterocycles. The summed E-state index contributed by atoms with van der Waals surface area (Å²) in [5, 5.41) is 12.7. The molecule has 0 aliphatic rings. The Morgan fingerprint density at radius 2 is 1.09 bits per heavy atom. The fourth-order valence-electron chi connectivity index (χ4n) is 7.45. The van der Waals surface area contributed by atoms with Gasteiger partial charge >= 0.3 is 0 Å². The molecule has 0 aliphatic carbocycles. The molecule has 10 rings (SSSR count). The smallest absolute Gasteiger partial charge is 0.138 e. The zero-order valence-corrected chi connectivity index (χ0v) is 23.3. The molecule has 43 heavy (non-hydrogen) atoms. The van der Waals surface area contributed by atoms with Crippen molar-refractivity contribution in [3.8, 4) is 22.3 Å². The second-order valence-electron chi connectivity index (χ2n) is 11.6. The van der Waals surface area contributed by atoms with Crippen LogP contribution in [0.4, 0.5) is 0 Å². The Morgan fingerprint density at radius 1 is 0.442 bits per heavy atom. The van der Waals surface area contributed by atoms with Gasteiger partial charge < -0.3 is 0 Å². The average Bonchev–Trinajstić information content (AvgIpc) is 3.46. The molecule has 8 aromatic carbocycles. The molecule has 0 atom stereocenters. The van der Waals surface area contributed by atoms with Crippen LogP contribution in [-0.4, -0.2) is 9.38 Å². The molecule has 0 unspecified atom stereocenters. The summed E-state index contributed by atoms with van der Waals surface area (Å²) in [7, 11) is 0. The number of benzene rings is 8. The lowest BCUT2D eigenvalue weighted by atomic mass is 9.85. The second kappa shape index (κ2) is 8.40. The summed E-state index contributed by atoms with van der Waals surface area (Å²) >= 11 is 0. The van der Waals surface area contributed by atoms with Crippen LogP contribution in [0.15, 0.2) is 146 Å². The first-order chi connectivity index (χ1) is 21.3. The topological polar surface area (TPSA) is 17.3 Å². The highest BCUT2D eigenvalue weighted by Gasteiger charge is 2.21. The third kappa shape index (κ3) is 3.10. The molecule has 0 bridgehead atoms. The number of imidazole rings is 1. The van der Waals surface area contributed by atoms with Crippen molar-refractivity contribution in [2.24, 2.45) is 0 Å². The van der Waals surface area contributed by atoms with Gasteiger partial charge in [-0.25, -0.2) is 4.98 Å². The first kappa shape index (κ1) is 22.9. The molecule has 198 valence electrons. The van der Waals surface area contributed by atoms with E-state index in [1.54, 1.807) is 0 Å². The molecule has 0 spiro atoms. The third-order valence-electron chi connectivity index (χ3n) is 9.29. The average molecular weight is 545 g/mol. The lowest BCUT2D eigenvalue weighted by Gasteiger charge is -2.18. The lowest BCUT2D eigenvalue weighted by molar-refractivity contribution is 1.23. The van der Waals surface area contributed by atoms with Gasteiger partial charge in [-0.2, -0.15) is 0 Å². The van der Waals surface area contributed by atoms with Gasteiger partial charge in [0.1, 0.15) is 5.65 Å². The zero-order valence-electron chi connectivity index (χ0n) is 23.3. The summed E-state index contributed by atoms with van der Waals surface area (Å²) in [5.41, 5.74) is 8.14. The molecule has 0 aliphatic heterocycles. The molecular formula is C41H24N2. The molecule has 2 heteroatoms. The van der Waals surface area contributed by atoms with Crippen LogP contribution in [0, 0.1) is 0 Å². The van der Waals surface area contributed by atoms with E-state index in [0.29, 0.717) is 0 Å². The first-order valence-corrected chi connectivity index (χ1v) is 14.8. The quantitative estimate of drug-likeness (QED) is 0.156. The van der Waals surface area contributed by atoms with Crippen LogP contribution < -0.4 is 0 Å². The highest BCUT2D eigenvalue weighted by Crippen LogP contribution is 2.47. The Hall–Kier alpha value is -5.73. The molecule has 0 amide bonds. The normalized spacial score (nSPS) is 12.2. The molecule has 10 aromatic rings. The van der Waals surface area contributed by atoms with Gasteiger partial charge in [-0.1, -0.05) is 115 Å². The Kier molecular flexibility index (Phi) is 4.48. The zero-order chi connectivity index (χ0) is 28.1. The van der Waals surface area contributed by atoms with Crippen molar-refractivity contribution in [1.82, 2.24) is 9.38 Å². The largest absolute Gasteiger partial charge is 0.299 e. The Bertz CT molecular complexity index is 2660. The molecule has 0 fully saturated rings. The predicted molar refractivity (Wildman–Crippen MR) is 182 cm³/mol. The van der Waals surface area contributed by atoms with Gasteiger partial charge in [0.2, 0.25) is 0 Å². The van der Waals surface area contributed by atoms with Gasteiger partial charge in [0.05, 0.1) is 11.0 Å². The number of aromatic nitrogens is 2. The minimum Gasteiger partial charge on any atom is -0.299 e. The molecule has 0 radical (unpaired) electrons. The number of fused-ring (bicyclic) bond motifs is 7. The number of rotatable bonds is 2. The van der Waals surface area contributed by atoms with E-state index in [0.717, 1.165) is 11.2 Å². The summed E-state index contributed by atoms with van der Waals surface area (Å²) in [6.45, 7) is 0. The van der Waals surface area contributed by atoms with Crippen LogP contribution in [0.5, 0.6) is 0 Å². The maximum atomic E-state index is 5.28. The van der Waals surface area contributed by atoms with Gasteiger partial charge in [-0.05, 0) is 84.2 Å². The van der Waals surface area contributed by atoms with Crippen LogP contribution >= 0.6 is 0 Å². The SMILES string of the molecule is c1ccc(-c2ccn3c(c2)nc2c4cccc5cc(-c6c7ccccc7cc7ccccc67)c6cccc(c6c54)c23)cc1. The number of hydrogen-bond donors (Lipinski definition) is 0. The van der Waals surface area contributed by atoms with E-state index in [9.17, 15) is 0 Å². The fourth-order valence-corrected chi connectivity index (χ4v) is 7.45. The van der Waals surface area contributed by atoms with Crippen LogP contribution in [0.3, 0.4) is 0 Å². The van der Waals surface area contributed by atoms with Crippen LogP contribution in [0.1, 0.15) is 0 Å². The number of pyridine rings is 1. The molecule has 2 aromatic heterocycles. The summed E-state index contributed by atoms with van der Waals surface area (Å²) in [6, 6.07) is 50.8. The van der Waals surface area contributed by atoms with Gasteiger partial charge in [0.25, 0.3) is 0 Å². The van der Waals surface area contributed by atoms with E-state index in [1.165, 1.54) is 81.6 Å². The van der Waals surface area contributed by atoms with Gasteiger partial charge in [-0.3, -0.25) is 4.40 Å². The highest BCUT2D eigenvalue weighted by molar-refractivity contribution is 6.35. The Balaban J connectivity index is 1.39. The maximum Gasteiger partial charge on any atom is 0.138 e. The van der Waals surface area contributed by atoms with Crippen molar-refractivity contribution in [1.29, 1.82) is 0 Å². The molecular weight excluding hydrogens is 520 g/mol. The monoisotopic (exact) mass is 544 g/mol. The predicted octanol–water partition coefficient (Wildman–Crippen LogP) is 11.0. The van der Waals surface area contributed by atoms with E-state index in [-0.39, 0.29) is 0 Å². The Labute approximate surface area is 247 Å². The lowest BCUT2D eigenvalue weighted by Crippen LogP contribution is -1.92. The maximum absolute atomic E-state index is 5.28. The van der Waals surface area contributed by atoms with Crippen LogP contribution in [0.25, 0.3) is 92.8 Å². The van der Waals surface area contributed by atoms with E-state index in [2.05, 4.69) is 150 Å². The van der Waals surface area contributed by atoms with E-state index < -0.39 is 0 Å². The minimum atomic E-state index is 0.966. The summed E-state index contributed by atoms with van der Waals surface area (Å²) in [5.74, 6) is 0. The highest BCUT2D eigenvalue weighted by atomic mass is 15.0. The van der Waals surface area contributed by atoms with Gasteiger partial charge in [0, 0.05) is 22.4 Å². The third-order valence-corrected chi connectivity index (χ3v) is 9.29. The van der Waals surface area contributed by atoms with Crippen molar-refractivity contribution >= 4 is 70.5 Å². The van der Waals surface area contributed by atoms with Crippen molar-refractivity contribution in [2.45, 2.75) is 0 Å². The Morgan fingerprint density at radius 3 is 1.91 bits per heavy atom. The fraction of sp³-hybridized carbons (Fsp3) is 0. The van der Waals surface area contributed by atoms with E-state index in [1.807, 2.05) is 0 Å². The van der Waals surface area contributed by atoms with Gasteiger partial charge in [0.15, 0.2) is 0 Å². The summed E-state index contributed by atoms with van der Waals surface area (Å²) in [4.78, 5) is 5.28. The van der Waals surface area contributed by atoms with Crippen molar-refractivity contribution in [3.63, 3.8) is 0 Å². The molecule has 0 N–H and O–H groups in total. The van der Waals surface area contributed by atoms with Crippen molar-refractivity contribution in [3.05, 3.63) is 146 Å². The first-order valence-electron chi connectivity index (χ1n) is 14.8. The van der Waals surface area contributed by atoms with E-state index in [4.69, 9.17) is 4.98 Å². The summed E-state index contributed by atoms with van der Waals surface area (Å²) in [6.07, 6.45) is 2.19. The van der Waals surface area contributed by atoms with Crippen LogP contribution in [-0.2, 0) is 0 Å².